The molecule has 0 bridgehead atoms. The molecule has 54 valence electrons. The van der Waals surface area contributed by atoms with Crippen molar-refractivity contribution in [1.82, 2.24) is 5.09 Å². The molecule has 0 aromatic heterocycles. The van der Waals surface area contributed by atoms with Crippen LogP contribution in [0.15, 0.2) is 0 Å². The Bertz CT molecular complexity index is 128. The Morgan fingerprint density at radius 1 is 1.78 bits per heavy atom. The van der Waals surface area contributed by atoms with Gasteiger partial charge in [-0.1, -0.05) is 0 Å². The zero-order valence-corrected chi connectivity index (χ0v) is 5.63. The molecule has 1 rings (SSSR count). The molecule has 0 aromatic rings. The molecular formula is C3H8NO4P. The molecule has 0 radical (unpaired) electrons. The molecule has 2 N–H and O–H groups in total. The predicted octanol–water partition coefficient (Wildman–Crippen LogP) is 0.594. The second-order valence-corrected chi connectivity index (χ2v) is 3.41. The third-order valence-electron chi connectivity index (χ3n) is 0.995. The number of rotatable bonds is 1. The summed E-state index contributed by atoms with van der Waals surface area (Å²) >= 11 is 0. The lowest BCUT2D eigenvalue weighted by atomic mass is 10.5. The molecular weight excluding hydrogens is 145 g/mol. The highest BCUT2D eigenvalue weighted by atomic mass is 31.2. The lowest BCUT2D eigenvalue weighted by Gasteiger charge is -2.19. The highest BCUT2D eigenvalue weighted by Gasteiger charge is 2.26. The van der Waals surface area contributed by atoms with Crippen molar-refractivity contribution in [3.05, 3.63) is 0 Å². The molecule has 1 aliphatic rings. The molecule has 1 saturated heterocycles. The molecule has 1 unspecified atom stereocenters. The molecule has 1 fully saturated rings. The topological polar surface area (TPSA) is 67.8 Å². The number of hydrogen-bond acceptors (Lipinski definition) is 4. The third kappa shape index (κ3) is 1.74. The fourth-order valence-corrected chi connectivity index (χ4v) is 1.57. The molecule has 0 aromatic carbocycles. The molecule has 1 heterocycles. The Kier molecular flexibility index (Phi) is 2.21. The molecule has 0 saturated carbocycles. The summed E-state index contributed by atoms with van der Waals surface area (Å²) in [5.74, 6) is 0. The first-order valence-corrected chi connectivity index (χ1v) is 4.14. The molecule has 0 aliphatic carbocycles. The first-order valence-electron chi connectivity index (χ1n) is 2.60. The van der Waals surface area contributed by atoms with E-state index in [0.717, 1.165) is 6.42 Å². The van der Waals surface area contributed by atoms with Crippen LogP contribution in [0.4, 0.5) is 0 Å². The average molecular weight is 153 g/mol. The molecule has 0 spiro atoms. The lowest BCUT2D eigenvalue weighted by molar-refractivity contribution is -0.152. The summed E-state index contributed by atoms with van der Waals surface area (Å²) in [6.07, 6.45) is 0.785. The van der Waals surface area contributed by atoms with Gasteiger partial charge in [-0.05, 0) is 6.42 Å². The second kappa shape index (κ2) is 2.77. The summed E-state index contributed by atoms with van der Waals surface area (Å²) in [7, 11) is -3.29. The maximum Gasteiger partial charge on any atom is 0.432 e. The van der Waals surface area contributed by atoms with Crippen LogP contribution in [0.25, 0.3) is 0 Å². The molecule has 0 amide bonds. The Labute approximate surface area is 52.5 Å². The van der Waals surface area contributed by atoms with Gasteiger partial charge in [0.1, 0.15) is 0 Å². The van der Waals surface area contributed by atoms with Crippen LogP contribution in [-0.2, 0) is 13.8 Å². The Balaban J connectivity index is 2.47. The van der Waals surface area contributed by atoms with Crippen molar-refractivity contribution < 1.29 is 19.0 Å². The van der Waals surface area contributed by atoms with Crippen molar-refractivity contribution in [1.29, 1.82) is 0 Å². The van der Waals surface area contributed by atoms with Gasteiger partial charge in [0.25, 0.3) is 0 Å². The van der Waals surface area contributed by atoms with Crippen molar-refractivity contribution in [3.63, 3.8) is 0 Å². The van der Waals surface area contributed by atoms with Gasteiger partial charge in [0.2, 0.25) is 0 Å². The van der Waals surface area contributed by atoms with Gasteiger partial charge in [-0.15, -0.1) is 4.67 Å². The van der Waals surface area contributed by atoms with E-state index in [9.17, 15) is 4.57 Å². The van der Waals surface area contributed by atoms with E-state index >= 15 is 0 Å². The van der Waals surface area contributed by atoms with Crippen molar-refractivity contribution in [2.45, 2.75) is 6.42 Å². The third-order valence-corrected chi connectivity index (χ3v) is 2.34. The Morgan fingerprint density at radius 2 is 2.56 bits per heavy atom. The molecule has 9 heavy (non-hydrogen) atoms. The van der Waals surface area contributed by atoms with Gasteiger partial charge < -0.3 is 0 Å². The van der Waals surface area contributed by atoms with Crippen LogP contribution in [0.3, 0.4) is 0 Å². The SMILES string of the molecule is O=P1(OO)NCCCO1. The zero-order valence-electron chi connectivity index (χ0n) is 4.74. The summed E-state index contributed by atoms with van der Waals surface area (Å²) in [4.78, 5) is 0. The van der Waals surface area contributed by atoms with Crippen molar-refractivity contribution in [2.75, 3.05) is 13.2 Å². The first-order chi connectivity index (χ1) is 4.27. The quantitative estimate of drug-likeness (QED) is 0.328. The van der Waals surface area contributed by atoms with E-state index in [0.29, 0.717) is 13.2 Å². The van der Waals surface area contributed by atoms with Gasteiger partial charge in [0.15, 0.2) is 0 Å². The molecule has 5 nitrogen and oxygen atoms in total. The van der Waals surface area contributed by atoms with Crippen LogP contribution in [0, 0.1) is 0 Å². The largest absolute Gasteiger partial charge is 0.432 e. The minimum atomic E-state index is -3.29. The average Bonchev–Trinajstić information content (AvgIpc) is 1.90. The van der Waals surface area contributed by atoms with Crippen LogP contribution in [0.5, 0.6) is 0 Å². The van der Waals surface area contributed by atoms with Crippen LogP contribution >= 0.6 is 7.75 Å². The molecule has 1 aliphatic heterocycles. The van der Waals surface area contributed by atoms with Crippen LogP contribution in [-0.4, -0.2) is 18.4 Å². The number of nitrogens with one attached hydrogen (secondary N) is 1. The van der Waals surface area contributed by atoms with Crippen molar-refractivity contribution >= 4 is 7.75 Å². The van der Waals surface area contributed by atoms with E-state index in [1.54, 1.807) is 0 Å². The molecule has 1 atom stereocenters. The van der Waals surface area contributed by atoms with Gasteiger partial charge in [0.05, 0.1) is 6.61 Å². The highest BCUT2D eigenvalue weighted by Crippen LogP contribution is 2.43. The maximum atomic E-state index is 10.8. The summed E-state index contributed by atoms with van der Waals surface area (Å²) < 4.78 is 19.0. The summed E-state index contributed by atoms with van der Waals surface area (Å²) in [5, 5.41) is 10.4. The zero-order chi connectivity index (χ0) is 6.74. The van der Waals surface area contributed by atoms with Crippen LogP contribution in [0.1, 0.15) is 6.42 Å². The van der Waals surface area contributed by atoms with Gasteiger partial charge in [-0.2, -0.15) is 0 Å². The van der Waals surface area contributed by atoms with Gasteiger partial charge in [-0.25, -0.2) is 14.9 Å². The normalized spacial score (nSPS) is 36.6. The van der Waals surface area contributed by atoms with E-state index in [1.807, 2.05) is 0 Å². The van der Waals surface area contributed by atoms with E-state index < -0.39 is 7.75 Å². The second-order valence-electron chi connectivity index (χ2n) is 1.67. The van der Waals surface area contributed by atoms with Gasteiger partial charge in [0, 0.05) is 6.54 Å². The van der Waals surface area contributed by atoms with Crippen LogP contribution in [0.2, 0.25) is 0 Å². The number of hydrogen-bond donors (Lipinski definition) is 2. The van der Waals surface area contributed by atoms with Crippen molar-refractivity contribution in [3.8, 4) is 0 Å². The molecule has 6 heteroatoms. The summed E-state index contributed by atoms with van der Waals surface area (Å²) in [6.45, 7) is 0.919. The van der Waals surface area contributed by atoms with E-state index in [4.69, 9.17) is 5.26 Å². The maximum absolute atomic E-state index is 10.8. The van der Waals surface area contributed by atoms with E-state index in [2.05, 4.69) is 14.3 Å². The predicted molar refractivity (Wildman–Crippen MR) is 29.9 cm³/mol. The fraction of sp³-hybridized carbons (Fsp3) is 1.00. The van der Waals surface area contributed by atoms with E-state index in [-0.39, 0.29) is 0 Å². The smallest absolute Gasteiger partial charge is 0.295 e. The first kappa shape index (κ1) is 7.18. The van der Waals surface area contributed by atoms with Gasteiger partial charge in [-0.3, -0.25) is 4.52 Å². The van der Waals surface area contributed by atoms with E-state index in [1.165, 1.54) is 0 Å². The van der Waals surface area contributed by atoms with Gasteiger partial charge >= 0.3 is 7.75 Å². The Hall–Kier alpha value is 0.0700. The summed E-state index contributed by atoms with van der Waals surface area (Å²) in [5.41, 5.74) is 0. The standard InChI is InChI=1S/C3H8NO4P/c5-8-9(6)4-2-1-3-7-9/h5H,1-3H2,(H,4,6). The highest BCUT2D eigenvalue weighted by molar-refractivity contribution is 7.51. The minimum absolute atomic E-state index is 0.366. The Morgan fingerprint density at radius 3 is 2.89 bits per heavy atom. The minimum Gasteiger partial charge on any atom is -0.295 e. The van der Waals surface area contributed by atoms with Crippen LogP contribution < -0.4 is 5.09 Å². The van der Waals surface area contributed by atoms with Crippen molar-refractivity contribution in [2.24, 2.45) is 0 Å². The fourth-order valence-electron chi connectivity index (χ4n) is 0.571. The lowest BCUT2D eigenvalue weighted by Crippen LogP contribution is -2.22. The monoisotopic (exact) mass is 153 g/mol. The summed E-state index contributed by atoms with van der Waals surface area (Å²) in [6, 6.07) is 0.